The minimum atomic E-state index is -1.23. The number of hydrogen-bond acceptors (Lipinski definition) is 2. The number of amides is 1. The van der Waals surface area contributed by atoms with E-state index in [1.54, 1.807) is 24.1 Å². The Morgan fingerprint density at radius 2 is 1.71 bits per heavy atom. The van der Waals surface area contributed by atoms with Gasteiger partial charge >= 0.3 is 0 Å². The number of carbonyl (C=O) groups is 1. The Hall–Kier alpha value is -3.51. The molecule has 0 fully saturated rings. The van der Waals surface area contributed by atoms with Gasteiger partial charge in [0.1, 0.15) is 10.8 Å². The Bertz CT molecular complexity index is 1410. The van der Waals surface area contributed by atoms with Crippen molar-refractivity contribution in [3.63, 3.8) is 0 Å². The fourth-order valence-electron chi connectivity index (χ4n) is 5.26. The Morgan fingerprint density at radius 1 is 1.00 bits per heavy atom. The summed E-state index contributed by atoms with van der Waals surface area (Å²) in [7, 11) is 1.75. The third-order valence-corrected chi connectivity index (χ3v) is 6.86. The quantitative estimate of drug-likeness (QED) is 0.437. The molecule has 2 aliphatic rings. The fraction of sp³-hybridized carbons (Fsp3) is 0.120. The maximum atomic E-state index is 15.3. The molecule has 6 heteroatoms. The molecule has 0 saturated carbocycles. The molecule has 0 saturated heterocycles. The number of halogens is 1. The van der Waals surface area contributed by atoms with Gasteiger partial charge in [-0.3, -0.25) is 4.79 Å². The number of rotatable bonds is 1. The van der Waals surface area contributed by atoms with E-state index in [0.29, 0.717) is 10.6 Å². The highest BCUT2D eigenvalue weighted by molar-refractivity contribution is 7.80. The molecule has 0 aliphatic carbocycles. The second-order valence-corrected chi connectivity index (χ2v) is 8.47. The maximum absolute atomic E-state index is 15.3. The molecule has 1 spiro atoms. The number of H-pyrrole nitrogens is 1. The van der Waals surface area contributed by atoms with Crippen LogP contribution >= 0.6 is 12.2 Å². The van der Waals surface area contributed by atoms with Crippen LogP contribution < -0.4 is 10.2 Å². The van der Waals surface area contributed by atoms with E-state index in [4.69, 9.17) is 12.2 Å². The van der Waals surface area contributed by atoms with E-state index in [9.17, 15) is 4.79 Å². The summed E-state index contributed by atoms with van der Waals surface area (Å²) in [5.41, 5.74) is 3.31. The zero-order valence-corrected chi connectivity index (χ0v) is 17.5. The van der Waals surface area contributed by atoms with Crippen molar-refractivity contribution in [1.82, 2.24) is 10.3 Å². The van der Waals surface area contributed by atoms with E-state index in [1.165, 1.54) is 6.07 Å². The Balaban J connectivity index is 1.77. The van der Waals surface area contributed by atoms with Crippen LogP contribution in [0.3, 0.4) is 0 Å². The molecule has 2 N–H and O–H groups in total. The van der Waals surface area contributed by atoms with Crippen LogP contribution in [0.1, 0.15) is 28.3 Å². The van der Waals surface area contributed by atoms with Gasteiger partial charge in [-0.1, -0.05) is 66.8 Å². The molecule has 6 rings (SSSR count). The van der Waals surface area contributed by atoms with Crippen molar-refractivity contribution in [1.29, 1.82) is 0 Å². The van der Waals surface area contributed by atoms with Crippen molar-refractivity contribution >= 4 is 39.7 Å². The van der Waals surface area contributed by atoms with Gasteiger partial charge in [0.15, 0.2) is 5.54 Å². The fourth-order valence-corrected chi connectivity index (χ4v) is 5.58. The van der Waals surface area contributed by atoms with Crippen molar-refractivity contribution in [2.75, 3.05) is 11.9 Å². The largest absolute Gasteiger partial charge is 0.356 e. The third-order valence-electron chi connectivity index (χ3n) is 6.55. The van der Waals surface area contributed by atoms with Crippen LogP contribution in [0.2, 0.25) is 0 Å². The number of hydrogen-bond donors (Lipinski definition) is 2. The molecule has 0 radical (unpaired) electrons. The highest BCUT2D eigenvalue weighted by atomic mass is 32.1. The van der Waals surface area contributed by atoms with Gasteiger partial charge < -0.3 is 15.2 Å². The van der Waals surface area contributed by atoms with Crippen LogP contribution in [0.5, 0.6) is 0 Å². The van der Waals surface area contributed by atoms with Gasteiger partial charge in [0.05, 0.1) is 11.6 Å². The van der Waals surface area contributed by atoms with Crippen molar-refractivity contribution in [2.24, 2.45) is 0 Å². The number of thiocarbonyl (C=S) groups is 1. The van der Waals surface area contributed by atoms with E-state index in [2.05, 4.69) is 10.3 Å². The molecule has 4 nitrogen and oxygen atoms in total. The molecule has 2 unspecified atom stereocenters. The highest BCUT2D eigenvalue weighted by Gasteiger charge is 2.59. The van der Waals surface area contributed by atoms with E-state index >= 15 is 4.39 Å². The van der Waals surface area contributed by atoms with Gasteiger partial charge in [-0.15, -0.1) is 0 Å². The van der Waals surface area contributed by atoms with Gasteiger partial charge in [0, 0.05) is 29.2 Å². The Morgan fingerprint density at radius 3 is 2.55 bits per heavy atom. The number of likely N-dealkylation sites (N-methyl/N-ethyl adjacent to an activating group) is 1. The number of nitrogens with one attached hydrogen (secondary N) is 2. The summed E-state index contributed by atoms with van der Waals surface area (Å²) in [6.07, 6.45) is 0. The summed E-state index contributed by atoms with van der Waals surface area (Å²) in [6, 6.07) is 22.2. The zero-order chi connectivity index (χ0) is 21.3. The predicted molar refractivity (Wildman–Crippen MR) is 123 cm³/mol. The standard InChI is InChI=1S/C25H18FN3OS/c1-29-19-13-7-4-10-16(19)25(24(29)30)21(14-8-2-5-11-17(14)26)20-15-9-3-6-12-18(15)27-22(20)23(31)28-25/h2-13,21,27H,1H3,(H,28,31). The number of anilines is 1. The number of fused-ring (bicyclic) bond motifs is 5. The number of benzene rings is 3. The van der Waals surface area contributed by atoms with Crippen LogP contribution in [0.4, 0.5) is 10.1 Å². The lowest BCUT2D eigenvalue weighted by Gasteiger charge is -2.42. The molecule has 2 atom stereocenters. The van der Waals surface area contributed by atoms with E-state index in [-0.39, 0.29) is 11.7 Å². The molecule has 1 amide bonds. The first-order valence-corrected chi connectivity index (χ1v) is 10.5. The van der Waals surface area contributed by atoms with Gasteiger partial charge in [-0.05, 0) is 29.3 Å². The summed E-state index contributed by atoms with van der Waals surface area (Å²) in [4.78, 5) is 19.4. The molecule has 3 aromatic carbocycles. The second kappa shape index (κ2) is 6.25. The molecular formula is C25H18FN3OS. The third kappa shape index (κ3) is 2.23. The monoisotopic (exact) mass is 427 g/mol. The first-order chi connectivity index (χ1) is 15.0. The van der Waals surface area contributed by atoms with Crippen LogP contribution in [0.25, 0.3) is 10.9 Å². The Kier molecular flexibility index (Phi) is 3.68. The number of aromatic nitrogens is 1. The highest BCUT2D eigenvalue weighted by Crippen LogP contribution is 2.54. The lowest BCUT2D eigenvalue weighted by atomic mass is 9.68. The summed E-state index contributed by atoms with van der Waals surface area (Å²) in [5.74, 6) is -1.11. The summed E-state index contributed by atoms with van der Waals surface area (Å²) in [6.45, 7) is 0. The smallest absolute Gasteiger partial charge is 0.258 e. The summed E-state index contributed by atoms with van der Waals surface area (Å²) < 4.78 is 15.3. The molecule has 4 aromatic rings. The second-order valence-electron chi connectivity index (χ2n) is 8.06. The van der Waals surface area contributed by atoms with E-state index in [0.717, 1.165) is 33.4 Å². The maximum Gasteiger partial charge on any atom is 0.258 e. The average Bonchev–Trinajstić information content (AvgIpc) is 3.27. The number of aromatic amines is 1. The molecule has 1 aromatic heterocycles. The number of carbonyl (C=O) groups excluding carboxylic acids is 1. The normalized spacial score (nSPS) is 22.0. The lowest BCUT2D eigenvalue weighted by molar-refractivity contribution is -0.124. The van der Waals surface area contributed by atoms with Crippen LogP contribution in [0.15, 0.2) is 72.8 Å². The summed E-state index contributed by atoms with van der Waals surface area (Å²) >= 11 is 5.76. The summed E-state index contributed by atoms with van der Waals surface area (Å²) in [5, 5.41) is 4.30. The van der Waals surface area contributed by atoms with Crippen molar-refractivity contribution in [2.45, 2.75) is 11.5 Å². The van der Waals surface area contributed by atoms with Crippen molar-refractivity contribution in [3.05, 3.63) is 101 Å². The number of para-hydroxylation sites is 2. The molecule has 3 heterocycles. The van der Waals surface area contributed by atoms with Crippen LogP contribution in [0, 0.1) is 5.82 Å². The SMILES string of the molecule is CN1C(=O)C2(NC(=S)c3[nH]c4ccccc4c3C2c2ccccc2F)c2ccccc21. The van der Waals surface area contributed by atoms with Gasteiger partial charge in [0.25, 0.3) is 5.91 Å². The van der Waals surface area contributed by atoms with E-state index < -0.39 is 11.5 Å². The van der Waals surface area contributed by atoms with Crippen LogP contribution in [-0.2, 0) is 10.3 Å². The van der Waals surface area contributed by atoms with E-state index in [1.807, 2.05) is 54.6 Å². The van der Waals surface area contributed by atoms with Gasteiger partial charge in [-0.25, -0.2) is 4.39 Å². The minimum Gasteiger partial charge on any atom is -0.356 e. The molecule has 2 aliphatic heterocycles. The minimum absolute atomic E-state index is 0.153. The van der Waals surface area contributed by atoms with Gasteiger partial charge in [0.2, 0.25) is 0 Å². The zero-order valence-electron chi connectivity index (χ0n) is 16.6. The average molecular weight is 428 g/mol. The lowest BCUT2D eigenvalue weighted by Crippen LogP contribution is -2.59. The predicted octanol–water partition coefficient (Wildman–Crippen LogP) is 4.59. The molecule has 0 bridgehead atoms. The Labute approximate surface area is 183 Å². The molecule has 31 heavy (non-hydrogen) atoms. The molecule has 152 valence electrons. The first kappa shape index (κ1) is 18.3. The number of nitrogens with zero attached hydrogens (tertiary/aromatic N) is 1. The molecular weight excluding hydrogens is 409 g/mol. The topological polar surface area (TPSA) is 48.1 Å². The first-order valence-electron chi connectivity index (χ1n) is 10.1. The van der Waals surface area contributed by atoms with Crippen molar-refractivity contribution < 1.29 is 9.18 Å². The van der Waals surface area contributed by atoms with Crippen molar-refractivity contribution in [3.8, 4) is 0 Å². The van der Waals surface area contributed by atoms with Gasteiger partial charge in [-0.2, -0.15) is 0 Å². The van der Waals surface area contributed by atoms with Crippen LogP contribution in [-0.4, -0.2) is 22.9 Å².